The van der Waals surface area contributed by atoms with Crippen molar-refractivity contribution in [1.82, 2.24) is 10.2 Å². The molecule has 1 unspecified atom stereocenters. The Morgan fingerprint density at radius 3 is 2.90 bits per heavy atom. The first-order chi connectivity index (χ1) is 10.1. The fourth-order valence-electron chi connectivity index (χ4n) is 3.76. The molecule has 2 heterocycles. The van der Waals surface area contributed by atoms with Crippen molar-refractivity contribution >= 4 is 12.0 Å². The van der Waals surface area contributed by atoms with Gasteiger partial charge in [0, 0.05) is 19.6 Å². The second kappa shape index (κ2) is 5.81. The lowest BCUT2D eigenvalue weighted by Gasteiger charge is -2.25. The van der Waals surface area contributed by atoms with E-state index in [2.05, 4.69) is 5.32 Å². The third-order valence-corrected chi connectivity index (χ3v) is 4.95. The Kier molecular flexibility index (Phi) is 4.03. The van der Waals surface area contributed by atoms with Gasteiger partial charge < -0.3 is 24.8 Å². The van der Waals surface area contributed by atoms with Crippen LogP contribution in [0.1, 0.15) is 19.3 Å². The number of nitrogens with one attached hydrogen (secondary N) is 1. The smallest absolute Gasteiger partial charge is 0.317 e. The number of carbonyl (C=O) groups excluding carboxylic acids is 1. The molecular formula is C14H22N2O5. The van der Waals surface area contributed by atoms with Crippen LogP contribution in [0.4, 0.5) is 4.79 Å². The molecule has 3 rings (SSSR count). The Morgan fingerprint density at radius 1 is 1.38 bits per heavy atom. The van der Waals surface area contributed by atoms with Gasteiger partial charge in [-0.3, -0.25) is 4.79 Å². The average molecular weight is 298 g/mol. The minimum absolute atomic E-state index is 0.0926. The van der Waals surface area contributed by atoms with Crippen molar-refractivity contribution in [2.24, 2.45) is 11.3 Å². The molecule has 2 saturated heterocycles. The van der Waals surface area contributed by atoms with Gasteiger partial charge >= 0.3 is 12.0 Å². The molecule has 3 fully saturated rings. The molecule has 7 nitrogen and oxygen atoms in total. The highest BCUT2D eigenvalue weighted by atomic mass is 16.6. The van der Waals surface area contributed by atoms with Crippen LogP contribution in [0.5, 0.6) is 0 Å². The van der Waals surface area contributed by atoms with Gasteiger partial charge in [0.1, 0.15) is 0 Å². The minimum Gasteiger partial charge on any atom is -0.481 e. The number of amides is 2. The number of ether oxygens (including phenoxy) is 2. The lowest BCUT2D eigenvalue weighted by molar-refractivity contribution is -0.149. The van der Waals surface area contributed by atoms with E-state index in [-0.39, 0.29) is 18.1 Å². The third kappa shape index (κ3) is 2.72. The highest BCUT2D eigenvalue weighted by Crippen LogP contribution is 2.48. The van der Waals surface area contributed by atoms with E-state index in [0.29, 0.717) is 45.9 Å². The number of hydrogen-bond acceptors (Lipinski definition) is 4. The summed E-state index contributed by atoms with van der Waals surface area (Å²) < 4.78 is 10.8. The molecule has 21 heavy (non-hydrogen) atoms. The van der Waals surface area contributed by atoms with E-state index in [4.69, 9.17) is 9.47 Å². The Hall–Kier alpha value is -1.34. The van der Waals surface area contributed by atoms with Crippen molar-refractivity contribution in [3.8, 4) is 0 Å². The van der Waals surface area contributed by atoms with Gasteiger partial charge in [-0.25, -0.2) is 4.79 Å². The van der Waals surface area contributed by atoms with Crippen LogP contribution in [-0.4, -0.2) is 67.6 Å². The number of likely N-dealkylation sites (tertiary alicyclic amines) is 1. The number of fused-ring (bicyclic) bond motifs is 1. The molecule has 2 amide bonds. The number of carboxylic acids is 1. The quantitative estimate of drug-likeness (QED) is 0.782. The first-order valence-corrected chi connectivity index (χ1v) is 7.57. The van der Waals surface area contributed by atoms with E-state index in [9.17, 15) is 14.7 Å². The van der Waals surface area contributed by atoms with Gasteiger partial charge in [-0.15, -0.1) is 0 Å². The summed E-state index contributed by atoms with van der Waals surface area (Å²) in [4.78, 5) is 25.4. The molecular weight excluding hydrogens is 276 g/mol. The van der Waals surface area contributed by atoms with Gasteiger partial charge in [-0.1, -0.05) is 6.42 Å². The molecule has 0 aromatic carbocycles. The van der Waals surface area contributed by atoms with Crippen LogP contribution in [0.3, 0.4) is 0 Å². The normalized spacial score (nSPS) is 35.5. The maximum absolute atomic E-state index is 12.2. The van der Waals surface area contributed by atoms with Crippen LogP contribution in [0.2, 0.25) is 0 Å². The lowest BCUT2D eigenvalue weighted by Crippen LogP contribution is -2.46. The number of aliphatic carboxylic acids is 1. The Labute approximate surface area is 123 Å². The molecule has 1 saturated carbocycles. The molecule has 3 aliphatic rings. The monoisotopic (exact) mass is 298 g/mol. The van der Waals surface area contributed by atoms with Gasteiger partial charge in [0.05, 0.1) is 31.3 Å². The highest BCUT2D eigenvalue weighted by molar-refractivity contribution is 5.80. The minimum atomic E-state index is -0.760. The van der Waals surface area contributed by atoms with Crippen molar-refractivity contribution in [3.05, 3.63) is 0 Å². The predicted molar refractivity (Wildman–Crippen MR) is 72.9 cm³/mol. The SMILES string of the molecule is O=C(NCC1COCCO1)N1C[C@@H]2CCC[C@@]2(C(=O)O)C1. The number of urea groups is 1. The molecule has 0 bridgehead atoms. The summed E-state index contributed by atoms with van der Waals surface area (Å²) in [5.74, 6) is -0.667. The fraction of sp³-hybridized carbons (Fsp3) is 0.857. The fourth-order valence-corrected chi connectivity index (χ4v) is 3.76. The summed E-state index contributed by atoms with van der Waals surface area (Å²) in [5, 5.41) is 12.3. The van der Waals surface area contributed by atoms with Crippen LogP contribution in [-0.2, 0) is 14.3 Å². The van der Waals surface area contributed by atoms with Crippen LogP contribution in [0, 0.1) is 11.3 Å². The number of nitrogens with zero attached hydrogens (tertiary/aromatic N) is 1. The Morgan fingerprint density at radius 2 is 2.24 bits per heavy atom. The van der Waals surface area contributed by atoms with Crippen molar-refractivity contribution in [2.45, 2.75) is 25.4 Å². The second-order valence-corrected chi connectivity index (χ2v) is 6.18. The van der Waals surface area contributed by atoms with Crippen LogP contribution in [0.15, 0.2) is 0 Å². The number of hydrogen-bond donors (Lipinski definition) is 2. The van der Waals surface area contributed by atoms with Crippen molar-refractivity contribution in [3.63, 3.8) is 0 Å². The summed E-state index contributed by atoms with van der Waals surface area (Å²) in [7, 11) is 0. The third-order valence-electron chi connectivity index (χ3n) is 4.95. The van der Waals surface area contributed by atoms with Crippen LogP contribution < -0.4 is 5.32 Å². The summed E-state index contributed by atoms with van der Waals surface area (Å²) in [5.41, 5.74) is -0.720. The summed E-state index contributed by atoms with van der Waals surface area (Å²) in [6.45, 7) is 2.90. The zero-order valence-electron chi connectivity index (χ0n) is 12.0. The standard InChI is InChI=1S/C14H22N2O5/c17-12(18)14-3-1-2-10(14)7-16(9-14)13(19)15-6-11-8-20-4-5-21-11/h10-11H,1-9H2,(H,15,19)(H,17,18)/t10-,11?,14+/m0/s1. The van der Waals surface area contributed by atoms with E-state index < -0.39 is 11.4 Å². The molecule has 2 N–H and O–H groups in total. The molecule has 118 valence electrons. The summed E-state index contributed by atoms with van der Waals surface area (Å²) in [6.07, 6.45) is 2.41. The van der Waals surface area contributed by atoms with E-state index in [1.54, 1.807) is 4.90 Å². The van der Waals surface area contributed by atoms with Crippen molar-refractivity contribution < 1.29 is 24.2 Å². The Balaban J connectivity index is 1.53. The first kappa shape index (κ1) is 14.6. The van der Waals surface area contributed by atoms with Crippen LogP contribution in [0.25, 0.3) is 0 Å². The maximum Gasteiger partial charge on any atom is 0.317 e. The zero-order chi connectivity index (χ0) is 14.9. The topological polar surface area (TPSA) is 88.1 Å². The lowest BCUT2D eigenvalue weighted by atomic mass is 9.81. The summed E-state index contributed by atoms with van der Waals surface area (Å²) in [6, 6.07) is -0.195. The number of carbonyl (C=O) groups is 2. The molecule has 2 aliphatic heterocycles. The zero-order valence-corrected chi connectivity index (χ0v) is 12.0. The van der Waals surface area contributed by atoms with E-state index in [1.807, 2.05) is 0 Å². The highest BCUT2D eigenvalue weighted by Gasteiger charge is 2.55. The molecule has 0 aromatic rings. The predicted octanol–water partition coefficient (Wildman–Crippen LogP) is 0.298. The van der Waals surface area contributed by atoms with Gasteiger partial charge in [-0.2, -0.15) is 0 Å². The van der Waals surface area contributed by atoms with Gasteiger partial charge in [0.15, 0.2) is 0 Å². The molecule has 7 heteroatoms. The maximum atomic E-state index is 12.2. The molecule has 0 spiro atoms. The largest absolute Gasteiger partial charge is 0.481 e. The molecule has 0 aromatic heterocycles. The molecule has 0 radical (unpaired) electrons. The first-order valence-electron chi connectivity index (χ1n) is 7.57. The van der Waals surface area contributed by atoms with E-state index >= 15 is 0 Å². The molecule has 1 aliphatic carbocycles. The van der Waals surface area contributed by atoms with E-state index in [1.165, 1.54) is 0 Å². The van der Waals surface area contributed by atoms with Crippen LogP contribution >= 0.6 is 0 Å². The van der Waals surface area contributed by atoms with E-state index in [0.717, 1.165) is 12.8 Å². The Bertz CT molecular complexity index is 424. The number of carboxylic acid groups (broad SMARTS) is 1. The van der Waals surface area contributed by atoms with Gasteiger partial charge in [0.2, 0.25) is 0 Å². The second-order valence-electron chi connectivity index (χ2n) is 6.18. The van der Waals surface area contributed by atoms with Gasteiger partial charge in [0.25, 0.3) is 0 Å². The average Bonchev–Trinajstić information content (AvgIpc) is 3.03. The number of rotatable bonds is 3. The van der Waals surface area contributed by atoms with Gasteiger partial charge in [-0.05, 0) is 18.8 Å². The van der Waals surface area contributed by atoms with Crippen molar-refractivity contribution in [2.75, 3.05) is 39.5 Å². The van der Waals surface area contributed by atoms with Crippen molar-refractivity contribution in [1.29, 1.82) is 0 Å². The molecule has 3 atom stereocenters. The summed E-state index contributed by atoms with van der Waals surface area (Å²) >= 11 is 0.